The van der Waals surface area contributed by atoms with Gasteiger partial charge in [0.25, 0.3) is 0 Å². The average molecular weight is 446 g/mol. The van der Waals surface area contributed by atoms with E-state index in [1.54, 1.807) is 6.07 Å². The number of aryl methyl sites for hydroxylation is 1. The summed E-state index contributed by atoms with van der Waals surface area (Å²) in [4.78, 5) is 19.4. The van der Waals surface area contributed by atoms with Crippen molar-refractivity contribution < 1.29 is 13.9 Å². The fourth-order valence-corrected chi connectivity index (χ4v) is 4.22. The molecule has 0 atom stereocenters. The summed E-state index contributed by atoms with van der Waals surface area (Å²) in [6, 6.07) is 6.51. The maximum atomic E-state index is 14.0. The highest BCUT2D eigenvalue weighted by atomic mass is 19.1. The molecule has 1 amide bonds. The number of ether oxygens (including phenoxy) is 1. The van der Waals surface area contributed by atoms with Crippen LogP contribution < -0.4 is 4.90 Å². The van der Waals surface area contributed by atoms with Gasteiger partial charge >= 0.3 is 0 Å². The number of benzene rings is 1. The Morgan fingerprint density at radius 3 is 2.56 bits per heavy atom. The molecule has 0 N–H and O–H groups in total. The molecule has 1 fully saturated rings. The number of likely N-dealkylation sites (N-methyl/N-ethyl adjacent to an activating group) is 1. The van der Waals surface area contributed by atoms with Crippen molar-refractivity contribution in [3.05, 3.63) is 41.3 Å². The first kappa shape index (κ1) is 24.2. The zero-order chi connectivity index (χ0) is 23.3. The highest BCUT2D eigenvalue weighted by molar-refractivity contribution is 5.77. The van der Waals surface area contributed by atoms with E-state index in [1.807, 2.05) is 22.6 Å². The number of rotatable bonds is 9. The lowest BCUT2D eigenvalue weighted by atomic mass is 10.1. The summed E-state index contributed by atoms with van der Waals surface area (Å²) in [5.74, 6) is 0.935. The molecular weight excluding hydrogens is 409 g/mol. The number of halogens is 1. The van der Waals surface area contributed by atoms with Gasteiger partial charge < -0.3 is 19.4 Å². The zero-order valence-corrected chi connectivity index (χ0v) is 20.0. The Morgan fingerprint density at radius 2 is 1.97 bits per heavy atom. The van der Waals surface area contributed by atoms with Crippen LogP contribution in [0.4, 0.5) is 10.2 Å². The third-order valence-electron chi connectivity index (χ3n) is 5.88. The van der Waals surface area contributed by atoms with E-state index in [4.69, 9.17) is 9.84 Å². The molecule has 176 valence electrons. The van der Waals surface area contributed by atoms with Gasteiger partial charge in [-0.1, -0.05) is 26.8 Å². The minimum atomic E-state index is -0.296. The predicted octanol–water partition coefficient (Wildman–Crippen LogP) is 3.09. The zero-order valence-electron chi connectivity index (χ0n) is 20.0. The molecule has 1 aromatic heterocycles. The summed E-state index contributed by atoms with van der Waals surface area (Å²) in [7, 11) is 1.54. The number of carbonyl (C=O) groups excluding carboxylic acids is 1. The molecule has 0 radical (unpaired) electrons. The average Bonchev–Trinajstić information content (AvgIpc) is 3.09. The van der Waals surface area contributed by atoms with Crippen LogP contribution in [0.5, 0.6) is 0 Å². The third-order valence-corrected chi connectivity index (χ3v) is 5.88. The third kappa shape index (κ3) is 5.66. The van der Waals surface area contributed by atoms with E-state index in [2.05, 4.69) is 30.6 Å². The first-order chi connectivity index (χ1) is 15.3. The van der Waals surface area contributed by atoms with Crippen LogP contribution in [0.25, 0.3) is 5.69 Å². The molecular formula is C24H36FN5O2. The van der Waals surface area contributed by atoms with Crippen molar-refractivity contribution in [1.82, 2.24) is 19.6 Å². The van der Waals surface area contributed by atoms with Crippen molar-refractivity contribution in [2.24, 2.45) is 5.92 Å². The topological polar surface area (TPSA) is 53.8 Å². The lowest BCUT2D eigenvalue weighted by Gasteiger charge is -2.36. The van der Waals surface area contributed by atoms with Gasteiger partial charge in [0.05, 0.1) is 17.9 Å². The molecule has 1 aliphatic heterocycles. The van der Waals surface area contributed by atoms with Crippen molar-refractivity contribution in [1.29, 1.82) is 0 Å². The molecule has 1 saturated heterocycles. The molecule has 1 aliphatic rings. The molecule has 0 unspecified atom stereocenters. The number of carbonyl (C=O) groups is 1. The van der Waals surface area contributed by atoms with Crippen molar-refractivity contribution in [3.63, 3.8) is 0 Å². The second kappa shape index (κ2) is 10.9. The molecule has 2 aromatic rings. The van der Waals surface area contributed by atoms with Crippen LogP contribution in [0.1, 0.15) is 32.0 Å². The number of hydrogen-bond donors (Lipinski definition) is 0. The summed E-state index contributed by atoms with van der Waals surface area (Å²) in [5, 5.41) is 4.80. The van der Waals surface area contributed by atoms with Gasteiger partial charge in [-0.3, -0.25) is 4.79 Å². The van der Waals surface area contributed by atoms with E-state index in [1.165, 1.54) is 19.2 Å². The molecule has 0 aliphatic carbocycles. The maximum Gasteiger partial charge on any atom is 0.248 e. The summed E-state index contributed by atoms with van der Waals surface area (Å²) >= 11 is 0. The Labute approximate surface area is 190 Å². The predicted molar refractivity (Wildman–Crippen MR) is 125 cm³/mol. The van der Waals surface area contributed by atoms with Gasteiger partial charge in [0, 0.05) is 45.4 Å². The van der Waals surface area contributed by atoms with E-state index in [-0.39, 0.29) is 18.3 Å². The number of hydrogen-bond acceptors (Lipinski definition) is 5. The van der Waals surface area contributed by atoms with Crippen LogP contribution in [0.15, 0.2) is 24.3 Å². The molecule has 1 aromatic carbocycles. The number of amides is 1. The van der Waals surface area contributed by atoms with Crippen LogP contribution in [-0.2, 0) is 16.1 Å². The van der Waals surface area contributed by atoms with Crippen molar-refractivity contribution in [2.45, 2.75) is 34.2 Å². The van der Waals surface area contributed by atoms with Crippen molar-refractivity contribution in [3.8, 4) is 5.69 Å². The normalized spacial score (nSPS) is 14.9. The summed E-state index contributed by atoms with van der Waals surface area (Å²) < 4.78 is 21.0. The summed E-state index contributed by atoms with van der Waals surface area (Å²) in [6.07, 6.45) is 0. The standard InChI is InChI=1S/C24H36FN5O2/c1-6-27-10-12-28(13-11-27)24-22(16-29(15-18(2)3)23(31)17-32-5)19(4)26-30(24)21-9-7-8-20(25)14-21/h7-9,14,18H,6,10-13,15-17H2,1-5H3. The molecule has 8 heteroatoms. The lowest BCUT2D eigenvalue weighted by Crippen LogP contribution is -2.47. The maximum absolute atomic E-state index is 14.0. The van der Waals surface area contributed by atoms with Crippen molar-refractivity contribution >= 4 is 11.7 Å². The quantitative estimate of drug-likeness (QED) is 0.594. The van der Waals surface area contributed by atoms with Crippen LogP contribution >= 0.6 is 0 Å². The second-order valence-electron chi connectivity index (χ2n) is 8.80. The molecule has 7 nitrogen and oxygen atoms in total. The Hall–Kier alpha value is -2.45. The van der Waals surface area contributed by atoms with Gasteiger partial charge in [-0.25, -0.2) is 9.07 Å². The van der Waals surface area contributed by atoms with Crippen LogP contribution in [0.3, 0.4) is 0 Å². The van der Waals surface area contributed by atoms with E-state index in [0.29, 0.717) is 24.7 Å². The fraction of sp³-hybridized carbons (Fsp3) is 0.583. The lowest BCUT2D eigenvalue weighted by molar-refractivity contribution is -0.136. The van der Waals surface area contributed by atoms with Crippen LogP contribution in [0.2, 0.25) is 0 Å². The molecule has 0 saturated carbocycles. The van der Waals surface area contributed by atoms with Crippen LogP contribution in [-0.4, -0.2) is 78.5 Å². The van der Waals surface area contributed by atoms with E-state index >= 15 is 0 Å². The Bertz CT molecular complexity index is 906. The smallest absolute Gasteiger partial charge is 0.248 e. The van der Waals surface area contributed by atoms with E-state index in [9.17, 15) is 9.18 Å². The molecule has 0 bridgehead atoms. The monoisotopic (exact) mass is 445 g/mol. The Balaban J connectivity index is 2.03. The molecule has 2 heterocycles. The van der Waals surface area contributed by atoms with Gasteiger partial charge in [-0.2, -0.15) is 5.10 Å². The molecule has 3 rings (SSSR count). The van der Waals surface area contributed by atoms with E-state index < -0.39 is 0 Å². The molecule has 32 heavy (non-hydrogen) atoms. The first-order valence-electron chi connectivity index (χ1n) is 11.4. The summed E-state index contributed by atoms with van der Waals surface area (Å²) in [5.41, 5.74) is 2.54. The summed E-state index contributed by atoms with van der Waals surface area (Å²) in [6.45, 7) is 14.1. The number of methoxy groups -OCH3 is 1. The van der Waals surface area contributed by atoms with Crippen molar-refractivity contribution in [2.75, 3.05) is 57.9 Å². The number of aromatic nitrogens is 2. The number of nitrogens with zero attached hydrogens (tertiary/aromatic N) is 5. The molecule has 0 spiro atoms. The van der Waals surface area contributed by atoms with Gasteiger partial charge in [-0.15, -0.1) is 0 Å². The number of anilines is 1. The number of piperazine rings is 1. The largest absolute Gasteiger partial charge is 0.375 e. The van der Waals surface area contributed by atoms with Crippen LogP contribution in [0, 0.1) is 18.7 Å². The van der Waals surface area contributed by atoms with E-state index in [0.717, 1.165) is 49.8 Å². The Kier molecular flexibility index (Phi) is 8.26. The minimum Gasteiger partial charge on any atom is -0.375 e. The second-order valence-corrected chi connectivity index (χ2v) is 8.80. The SMILES string of the molecule is CCN1CCN(c2c(CN(CC(C)C)C(=O)COC)c(C)nn2-c2cccc(F)c2)CC1. The van der Waals surface area contributed by atoms with Gasteiger partial charge in [-0.05, 0) is 37.6 Å². The highest BCUT2D eigenvalue weighted by Crippen LogP contribution is 2.30. The first-order valence-corrected chi connectivity index (χ1v) is 11.4. The highest BCUT2D eigenvalue weighted by Gasteiger charge is 2.27. The van der Waals surface area contributed by atoms with Gasteiger partial charge in [0.1, 0.15) is 18.2 Å². The Morgan fingerprint density at radius 1 is 1.25 bits per heavy atom. The minimum absolute atomic E-state index is 0.0409. The van der Waals surface area contributed by atoms with Gasteiger partial charge in [0.15, 0.2) is 0 Å². The van der Waals surface area contributed by atoms with Gasteiger partial charge in [0.2, 0.25) is 5.91 Å². The fourth-order valence-electron chi connectivity index (χ4n) is 4.22.